The van der Waals surface area contributed by atoms with Gasteiger partial charge in [-0.25, -0.2) is 0 Å². The Labute approximate surface area is 155 Å². The van der Waals surface area contributed by atoms with Gasteiger partial charge in [0.05, 0.1) is 11.8 Å². The van der Waals surface area contributed by atoms with Crippen LogP contribution in [0.25, 0.3) is 0 Å². The summed E-state index contributed by atoms with van der Waals surface area (Å²) in [5, 5.41) is 5.90. The molecule has 2 atom stereocenters. The van der Waals surface area contributed by atoms with Crippen LogP contribution < -0.4 is 10.6 Å². The number of hydrogen-bond acceptors (Lipinski definition) is 2. The summed E-state index contributed by atoms with van der Waals surface area (Å²) in [6, 6.07) is 18.3. The SMILES string of the molecule is Cc1cccc(CNC(=O)C2CC2C(=O)NCCCc2ccccc2)c1. The van der Waals surface area contributed by atoms with Gasteiger partial charge in [0.1, 0.15) is 0 Å². The standard InChI is InChI=1S/C22H26N2O2/c1-16-7-5-10-18(13-16)15-24-22(26)20-14-19(20)21(25)23-12-6-11-17-8-3-2-4-9-17/h2-5,7-10,13,19-20H,6,11-12,14-15H2,1H3,(H,23,25)(H,24,26). The van der Waals surface area contributed by atoms with Crippen molar-refractivity contribution in [2.75, 3.05) is 6.54 Å². The highest BCUT2D eigenvalue weighted by molar-refractivity contribution is 5.92. The van der Waals surface area contributed by atoms with E-state index in [0.717, 1.165) is 18.4 Å². The summed E-state index contributed by atoms with van der Waals surface area (Å²) in [7, 11) is 0. The number of carbonyl (C=O) groups excluding carboxylic acids is 2. The first-order chi connectivity index (χ1) is 12.6. The van der Waals surface area contributed by atoms with Crippen molar-refractivity contribution < 1.29 is 9.59 Å². The molecule has 0 spiro atoms. The summed E-state index contributed by atoms with van der Waals surface area (Å²) < 4.78 is 0. The Morgan fingerprint density at radius 2 is 1.62 bits per heavy atom. The Kier molecular flexibility index (Phi) is 6.05. The molecule has 2 N–H and O–H groups in total. The monoisotopic (exact) mass is 350 g/mol. The van der Waals surface area contributed by atoms with E-state index in [1.807, 2.05) is 43.3 Å². The first-order valence-corrected chi connectivity index (χ1v) is 9.28. The largest absolute Gasteiger partial charge is 0.356 e. The normalized spacial score (nSPS) is 18.2. The Balaban J connectivity index is 1.33. The zero-order chi connectivity index (χ0) is 18.4. The van der Waals surface area contributed by atoms with Crippen molar-refractivity contribution in [1.82, 2.24) is 10.6 Å². The predicted molar refractivity (Wildman–Crippen MR) is 102 cm³/mol. The lowest BCUT2D eigenvalue weighted by atomic mass is 10.1. The first-order valence-electron chi connectivity index (χ1n) is 9.28. The van der Waals surface area contributed by atoms with Gasteiger partial charge in [0.15, 0.2) is 0 Å². The van der Waals surface area contributed by atoms with E-state index in [9.17, 15) is 9.59 Å². The molecule has 0 aliphatic heterocycles. The van der Waals surface area contributed by atoms with E-state index in [1.165, 1.54) is 11.1 Å². The van der Waals surface area contributed by atoms with E-state index in [0.29, 0.717) is 19.5 Å². The minimum absolute atomic E-state index is 0.00812. The molecule has 4 nitrogen and oxygen atoms in total. The molecule has 136 valence electrons. The predicted octanol–water partition coefficient (Wildman–Crippen LogP) is 3.00. The molecule has 0 saturated heterocycles. The van der Waals surface area contributed by atoms with Crippen LogP contribution in [0.3, 0.4) is 0 Å². The Morgan fingerprint density at radius 3 is 2.35 bits per heavy atom. The van der Waals surface area contributed by atoms with Crippen LogP contribution in [0.4, 0.5) is 0 Å². The van der Waals surface area contributed by atoms with Crippen LogP contribution in [0.5, 0.6) is 0 Å². The van der Waals surface area contributed by atoms with E-state index in [-0.39, 0.29) is 23.7 Å². The number of amides is 2. The second-order valence-corrected chi connectivity index (χ2v) is 7.04. The quantitative estimate of drug-likeness (QED) is 0.719. The smallest absolute Gasteiger partial charge is 0.224 e. The third-order valence-corrected chi connectivity index (χ3v) is 4.80. The molecule has 0 bridgehead atoms. The molecular weight excluding hydrogens is 324 g/mol. The van der Waals surface area contributed by atoms with Gasteiger partial charge >= 0.3 is 0 Å². The fourth-order valence-corrected chi connectivity index (χ4v) is 3.20. The Hall–Kier alpha value is -2.62. The molecule has 2 unspecified atom stereocenters. The second kappa shape index (κ2) is 8.65. The van der Waals surface area contributed by atoms with Gasteiger partial charge in [-0.2, -0.15) is 0 Å². The van der Waals surface area contributed by atoms with Gasteiger partial charge in [0.25, 0.3) is 0 Å². The summed E-state index contributed by atoms with van der Waals surface area (Å²) >= 11 is 0. The van der Waals surface area contributed by atoms with E-state index < -0.39 is 0 Å². The molecule has 2 aromatic carbocycles. The first kappa shape index (κ1) is 18.2. The fourth-order valence-electron chi connectivity index (χ4n) is 3.20. The molecule has 0 aromatic heterocycles. The highest BCUT2D eigenvalue weighted by atomic mass is 16.2. The maximum absolute atomic E-state index is 12.2. The van der Waals surface area contributed by atoms with Crippen LogP contribution in [0.15, 0.2) is 54.6 Å². The number of aryl methyl sites for hydroxylation is 2. The molecule has 3 rings (SSSR count). The summed E-state index contributed by atoms with van der Waals surface area (Å²) in [5.74, 6) is -0.345. The fraction of sp³-hybridized carbons (Fsp3) is 0.364. The summed E-state index contributed by atoms with van der Waals surface area (Å²) in [6.45, 7) is 3.20. The molecule has 1 aliphatic carbocycles. The Morgan fingerprint density at radius 1 is 0.923 bits per heavy atom. The third kappa shape index (κ3) is 5.19. The van der Waals surface area contributed by atoms with Crippen LogP contribution in [0.2, 0.25) is 0 Å². The average molecular weight is 350 g/mol. The van der Waals surface area contributed by atoms with Crippen LogP contribution in [-0.4, -0.2) is 18.4 Å². The highest BCUT2D eigenvalue weighted by Crippen LogP contribution is 2.38. The van der Waals surface area contributed by atoms with E-state index in [2.05, 4.69) is 28.8 Å². The van der Waals surface area contributed by atoms with Crippen LogP contribution in [-0.2, 0) is 22.6 Å². The maximum Gasteiger partial charge on any atom is 0.224 e. The number of nitrogens with one attached hydrogen (secondary N) is 2. The molecule has 0 radical (unpaired) electrons. The van der Waals surface area contributed by atoms with Crippen molar-refractivity contribution in [3.05, 3.63) is 71.3 Å². The van der Waals surface area contributed by atoms with E-state index in [4.69, 9.17) is 0 Å². The zero-order valence-electron chi connectivity index (χ0n) is 15.2. The van der Waals surface area contributed by atoms with Crippen LogP contribution in [0.1, 0.15) is 29.5 Å². The topological polar surface area (TPSA) is 58.2 Å². The van der Waals surface area contributed by atoms with Gasteiger partial charge in [0.2, 0.25) is 11.8 Å². The van der Waals surface area contributed by atoms with Crippen molar-refractivity contribution in [2.24, 2.45) is 11.8 Å². The lowest BCUT2D eigenvalue weighted by Crippen LogP contribution is -2.30. The van der Waals surface area contributed by atoms with Crippen molar-refractivity contribution in [2.45, 2.75) is 32.7 Å². The minimum atomic E-state index is -0.172. The zero-order valence-corrected chi connectivity index (χ0v) is 15.2. The molecule has 2 amide bonds. The van der Waals surface area contributed by atoms with Gasteiger partial charge in [-0.3, -0.25) is 9.59 Å². The molecule has 26 heavy (non-hydrogen) atoms. The number of benzene rings is 2. The molecule has 1 fully saturated rings. The number of carbonyl (C=O) groups is 2. The summed E-state index contributed by atoms with van der Waals surface area (Å²) in [6.07, 6.45) is 2.52. The second-order valence-electron chi connectivity index (χ2n) is 7.04. The van der Waals surface area contributed by atoms with Gasteiger partial charge in [0, 0.05) is 13.1 Å². The molecule has 1 saturated carbocycles. The van der Waals surface area contributed by atoms with Gasteiger partial charge in [-0.1, -0.05) is 60.2 Å². The molecule has 2 aromatic rings. The van der Waals surface area contributed by atoms with Crippen molar-refractivity contribution in [3.63, 3.8) is 0 Å². The lowest BCUT2D eigenvalue weighted by Gasteiger charge is -2.07. The Bertz CT molecular complexity index is 758. The molecular formula is C22H26N2O2. The van der Waals surface area contributed by atoms with E-state index >= 15 is 0 Å². The van der Waals surface area contributed by atoms with Gasteiger partial charge < -0.3 is 10.6 Å². The number of hydrogen-bond donors (Lipinski definition) is 2. The van der Waals surface area contributed by atoms with Gasteiger partial charge in [-0.15, -0.1) is 0 Å². The minimum Gasteiger partial charge on any atom is -0.356 e. The maximum atomic E-state index is 12.2. The van der Waals surface area contributed by atoms with Crippen LogP contribution >= 0.6 is 0 Å². The third-order valence-electron chi connectivity index (χ3n) is 4.80. The van der Waals surface area contributed by atoms with Gasteiger partial charge in [-0.05, 0) is 37.3 Å². The molecule has 1 aliphatic rings. The lowest BCUT2D eigenvalue weighted by molar-refractivity contribution is -0.127. The molecule has 4 heteroatoms. The average Bonchev–Trinajstić information content (AvgIpc) is 3.45. The van der Waals surface area contributed by atoms with E-state index in [1.54, 1.807) is 0 Å². The van der Waals surface area contributed by atoms with Crippen molar-refractivity contribution >= 4 is 11.8 Å². The van der Waals surface area contributed by atoms with Crippen LogP contribution in [0, 0.1) is 18.8 Å². The van der Waals surface area contributed by atoms with Crippen molar-refractivity contribution in [1.29, 1.82) is 0 Å². The van der Waals surface area contributed by atoms with Crippen molar-refractivity contribution in [3.8, 4) is 0 Å². The summed E-state index contributed by atoms with van der Waals surface area (Å²) in [5.41, 5.74) is 3.54. The highest BCUT2D eigenvalue weighted by Gasteiger charge is 2.47. The number of rotatable bonds is 8. The molecule has 0 heterocycles. The summed E-state index contributed by atoms with van der Waals surface area (Å²) in [4.78, 5) is 24.4.